The summed E-state index contributed by atoms with van der Waals surface area (Å²) in [5, 5.41) is 1.23. The third-order valence-electron chi connectivity index (χ3n) is 4.85. The molecule has 4 rings (SSSR count). The quantitative estimate of drug-likeness (QED) is 0.922. The minimum Gasteiger partial charge on any atom is -0.369 e. The van der Waals surface area contributed by atoms with Crippen LogP contribution >= 0.6 is 11.3 Å². The fourth-order valence-electron chi connectivity index (χ4n) is 3.72. The highest BCUT2D eigenvalue weighted by molar-refractivity contribution is 7.19. The summed E-state index contributed by atoms with van der Waals surface area (Å²) in [5.41, 5.74) is 6.96. The van der Waals surface area contributed by atoms with Gasteiger partial charge in [-0.3, -0.25) is 4.79 Å². The van der Waals surface area contributed by atoms with Crippen LogP contribution in [0.2, 0.25) is 0 Å². The second-order valence-electron chi connectivity index (χ2n) is 6.28. The molecule has 2 aromatic rings. The number of nitrogens with zero attached hydrogens (tertiary/aromatic N) is 3. The lowest BCUT2D eigenvalue weighted by atomic mass is 9.95. The molecule has 2 aliphatic rings. The molecule has 0 unspecified atom stereocenters. The van der Waals surface area contributed by atoms with Gasteiger partial charge in [-0.25, -0.2) is 9.97 Å². The van der Waals surface area contributed by atoms with Crippen molar-refractivity contribution in [2.24, 2.45) is 11.7 Å². The number of anilines is 1. The molecular formula is C16H20N4OS. The van der Waals surface area contributed by atoms with Gasteiger partial charge in [-0.2, -0.15) is 0 Å². The molecule has 0 saturated carbocycles. The van der Waals surface area contributed by atoms with Crippen molar-refractivity contribution < 1.29 is 4.79 Å². The fraction of sp³-hybridized carbons (Fsp3) is 0.562. The van der Waals surface area contributed by atoms with Gasteiger partial charge in [0.05, 0.1) is 11.3 Å². The maximum atomic E-state index is 11.5. The van der Waals surface area contributed by atoms with Crippen LogP contribution in [0.4, 0.5) is 5.82 Å². The maximum Gasteiger partial charge on any atom is 0.222 e. The lowest BCUT2D eigenvalue weighted by Crippen LogP contribution is -2.41. The van der Waals surface area contributed by atoms with Crippen LogP contribution in [0, 0.1) is 5.92 Å². The van der Waals surface area contributed by atoms with Gasteiger partial charge in [0.25, 0.3) is 0 Å². The van der Waals surface area contributed by atoms with E-state index in [-0.39, 0.29) is 11.8 Å². The number of aryl methyl sites for hydroxylation is 2. The van der Waals surface area contributed by atoms with E-state index in [0.29, 0.717) is 6.54 Å². The summed E-state index contributed by atoms with van der Waals surface area (Å²) in [6.45, 7) is 1.63. The van der Waals surface area contributed by atoms with Gasteiger partial charge < -0.3 is 10.6 Å². The van der Waals surface area contributed by atoms with E-state index in [0.717, 1.165) is 36.5 Å². The molecule has 2 N–H and O–H groups in total. The van der Waals surface area contributed by atoms with Crippen LogP contribution in [0.5, 0.6) is 0 Å². The fourth-order valence-corrected chi connectivity index (χ4v) is 4.94. The first kappa shape index (κ1) is 13.9. The smallest absolute Gasteiger partial charge is 0.222 e. The van der Waals surface area contributed by atoms with E-state index in [4.69, 9.17) is 5.73 Å². The first-order valence-corrected chi connectivity index (χ1v) is 8.85. The number of primary amides is 1. The molecule has 0 aromatic carbocycles. The minimum absolute atomic E-state index is 0.0618. The van der Waals surface area contributed by atoms with Crippen LogP contribution in [0.25, 0.3) is 10.2 Å². The monoisotopic (exact) mass is 316 g/mol. The standard InChI is InChI=1S/C16H20N4OS/c17-14(21)10-4-3-7-20(8-10)15-13-11-5-1-2-6-12(11)22-16(13)19-9-18-15/h9-10H,1-8H2,(H2,17,21)/t10-/m1/s1. The first-order valence-electron chi connectivity index (χ1n) is 8.03. The van der Waals surface area contributed by atoms with Crippen LogP contribution in [-0.4, -0.2) is 29.0 Å². The third kappa shape index (κ3) is 2.26. The van der Waals surface area contributed by atoms with Crippen LogP contribution < -0.4 is 10.6 Å². The molecule has 3 heterocycles. The summed E-state index contributed by atoms with van der Waals surface area (Å²) >= 11 is 1.82. The molecule has 1 atom stereocenters. The Balaban J connectivity index is 1.78. The number of nitrogens with two attached hydrogens (primary N) is 1. The van der Waals surface area contributed by atoms with Gasteiger partial charge in [0.15, 0.2) is 0 Å². The number of hydrogen-bond acceptors (Lipinski definition) is 5. The molecule has 5 nitrogen and oxygen atoms in total. The van der Waals surface area contributed by atoms with Crippen LogP contribution in [0.3, 0.4) is 0 Å². The molecule has 0 radical (unpaired) electrons. The number of amides is 1. The predicted octanol–water partition coefficient (Wildman–Crippen LogP) is 2.27. The van der Waals surface area contributed by atoms with Crippen molar-refractivity contribution in [1.29, 1.82) is 0 Å². The van der Waals surface area contributed by atoms with Crippen LogP contribution in [0.1, 0.15) is 36.1 Å². The van der Waals surface area contributed by atoms with Gasteiger partial charge in [0.2, 0.25) is 5.91 Å². The Bertz CT molecular complexity index is 726. The zero-order valence-electron chi connectivity index (χ0n) is 12.5. The van der Waals surface area contributed by atoms with Crippen molar-refractivity contribution in [2.45, 2.75) is 38.5 Å². The van der Waals surface area contributed by atoms with Gasteiger partial charge in [-0.1, -0.05) is 0 Å². The highest BCUT2D eigenvalue weighted by Crippen LogP contribution is 2.39. The average Bonchev–Trinajstić information content (AvgIpc) is 2.93. The summed E-state index contributed by atoms with van der Waals surface area (Å²) in [6, 6.07) is 0. The van der Waals surface area contributed by atoms with Gasteiger partial charge in [0.1, 0.15) is 17.0 Å². The molecule has 1 amide bonds. The van der Waals surface area contributed by atoms with E-state index >= 15 is 0 Å². The molecule has 6 heteroatoms. The molecule has 0 bridgehead atoms. The Morgan fingerprint density at radius 1 is 1.27 bits per heavy atom. The van der Waals surface area contributed by atoms with E-state index in [2.05, 4.69) is 14.9 Å². The summed E-state index contributed by atoms with van der Waals surface area (Å²) in [4.78, 5) is 25.4. The van der Waals surface area contributed by atoms with E-state index in [1.54, 1.807) is 6.33 Å². The number of aromatic nitrogens is 2. The lowest BCUT2D eigenvalue weighted by molar-refractivity contribution is -0.122. The Kier molecular flexibility index (Phi) is 3.48. The summed E-state index contributed by atoms with van der Waals surface area (Å²) in [7, 11) is 0. The number of carbonyl (C=O) groups excluding carboxylic acids is 1. The normalized spacial score (nSPS) is 21.8. The van der Waals surface area contributed by atoms with Crippen molar-refractivity contribution in [2.75, 3.05) is 18.0 Å². The molecule has 22 heavy (non-hydrogen) atoms. The molecule has 0 spiro atoms. The van der Waals surface area contributed by atoms with Crippen molar-refractivity contribution in [3.8, 4) is 0 Å². The Morgan fingerprint density at radius 3 is 3.00 bits per heavy atom. The van der Waals surface area contributed by atoms with Gasteiger partial charge in [-0.15, -0.1) is 11.3 Å². The minimum atomic E-state index is -0.192. The number of hydrogen-bond donors (Lipinski definition) is 1. The number of piperidine rings is 1. The molecule has 1 aliphatic carbocycles. The third-order valence-corrected chi connectivity index (χ3v) is 6.05. The van der Waals surface area contributed by atoms with Crippen molar-refractivity contribution in [3.05, 3.63) is 16.8 Å². The van der Waals surface area contributed by atoms with Gasteiger partial charge >= 0.3 is 0 Å². The lowest BCUT2D eigenvalue weighted by Gasteiger charge is -2.32. The topological polar surface area (TPSA) is 72.1 Å². The Hall–Kier alpha value is -1.69. The van der Waals surface area contributed by atoms with Crippen molar-refractivity contribution in [3.63, 3.8) is 0 Å². The van der Waals surface area contributed by atoms with E-state index in [1.165, 1.54) is 35.1 Å². The van der Waals surface area contributed by atoms with Crippen molar-refractivity contribution in [1.82, 2.24) is 9.97 Å². The molecular weight excluding hydrogens is 296 g/mol. The summed E-state index contributed by atoms with van der Waals surface area (Å²) < 4.78 is 0. The first-order chi connectivity index (χ1) is 10.7. The Morgan fingerprint density at radius 2 is 2.14 bits per heavy atom. The van der Waals surface area contributed by atoms with E-state index in [9.17, 15) is 4.79 Å². The number of thiophene rings is 1. The van der Waals surface area contributed by atoms with Crippen molar-refractivity contribution >= 4 is 33.3 Å². The van der Waals surface area contributed by atoms with E-state index in [1.807, 2.05) is 11.3 Å². The second kappa shape index (κ2) is 5.50. The molecule has 1 fully saturated rings. The highest BCUT2D eigenvalue weighted by Gasteiger charge is 2.28. The second-order valence-corrected chi connectivity index (χ2v) is 7.36. The SMILES string of the molecule is NC(=O)[C@@H]1CCCN(c2ncnc3sc4c(c23)CCCC4)C1. The maximum absolute atomic E-state index is 11.5. The molecule has 1 aliphatic heterocycles. The molecule has 2 aromatic heterocycles. The highest BCUT2D eigenvalue weighted by atomic mass is 32.1. The predicted molar refractivity (Wildman–Crippen MR) is 88.2 cm³/mol. The average molecular weight is 316 g/mol. The number of carbonyl (C=O) groups is 1. The summed E-state index contributed by atoms with van der Waals surface area (Å²) in [6.07, 6.45) is 8.36. The van der Waals surface area contributed by atoms with Crippen LogP contribution in [-0.2, 0) is 17.6 Å². The largest absolute Gasteiger partial charge is 0.369 e. The number of rotatable bonds is 2. The molecule has 1 saturated heterocycles. The molecule has 116 valence electrons. The Labute approximate surface area is 133 Å². The van der Waals surface area contributed by atoms with Gasteiger partial charge in [0, 0.05) is 18.0 Å². The zero-order chi connectivity index (χ0) is 15.1. The van der Waals surface area contributed by atoms with Gasteiger partial charge in [-0.05, 0) is 44.1 Å². The number of fused-ring (bicyclic) bond motifs is 3. The summed E-state index contributed by atoms with van der Waals surface area (Å²) in [5.74, 6) is 0.755. The zero-order valence-corrected chi connectivity index (χ0v) is 13.4. The van der Waals surface area contributed by atoms with E-state index < -0.39 is 0 Å². The van der Waals surface area contributed by atoms with Crippen LogP contribution in [0.15, 0.2) is 6.33 Å².